The SMILES string of the molecule is Cc1ccnc([C@H]2C[C@H]2c2cc(Br)c3ccc(NC(=O)OC(C)(C)C)cc3n2)n1. The predicted octanol–water partition coefficient (Wildman–Crippen LogP) is 5.71. The number of hydrogen-bond acceptors (Lipinski definition) is 5. The lowest BCUT2D eigenvalue weighted by Gasteiger charge is -2.19. The van der Waals surface area contributed by atoms with Gasteiger partial charge in [0, 0.05) is 45.0 Å². The summed E-state index contributed by atoms with van der Waals surface area (Å²) in [5.41, 5.74) is 2.91. The molecule has 1 N–H and O–H groups in total. The highest BCUT2D eigenvalue weighted by atomic mass is 79.9. The minimum absolute atomic E-state index is 0.301. The first-order valence-corrected chi connectivity index (χ1v) is 10.4. The second-order valence-corrected chi connectivity index (χ2v) is 9.25. The first-order chi connectivity index (χ1) is 13.7. The van der Waals surface area contributed by atoms with E-state index in [4.69, 9.17) is 9.72 Å². The van der Waals surface area contributed by atoms with Crippen molar-refractivity contribution in [1.29, 1.82) is 0 Å². The zero-order valence-corrected chi connectivity index (χ0v) is 18.4. The number of amides is 1. The third kappa shape index (κ3) is 4.56. The maximum atomic E-state index is 12.1. The molecule has 1 saturated carbocycles. The van der Waals surface area contributed by atoms with Crippen molar-refractivity contribution in [3.05, 3.63) is 58.2 Å². The number of ether oxygens (including phenoxy) is 1. The number of nitrogens with zero attached hydrogens (tertiary/aromatic N) is 3. The van der Waals surface area contributed by atoms with E-state index in [1.807, 2.05) is 58.2 Å². The maximum Gasteiger partial charge on any atom is 0.412 e. The van der Waals surface area contributed by atoms with Crippen LogP contribution in [0.3, 0.4) is 0 Å². The number of carbonyl (C=O) groups is 1. The van der Waals surface area contributed by atoms with Crippen LogP contribution in [0.1, 0.15) is 56.2 Å². The van der Waals surface area contributed by atoms with E-state index in [1.165, 1.54) is 0 Å². The van der Waals surface area contributed by atoms with E-state index in [0.717, 1.165) is 39.0 Å². The summed E-state index contributed by atoms with van der Waals surface area (Å²) in [5, 5.41) is 3.77. The zero-order valence-electron chi connectivity index (χ0n) is 16.9. The van der Waals surface area contributed by atoms with Crippen LogP contribution in [0.4, 0.5) is 10.5 Å². The molecule has 150 valence electrons. The number of hydrogen-bond donors (Lipinski definition) is 1. The molecule has 1 amide bonds. The van der Waals surface area contributed by atoms with Gasteiger partial charge in [0.15, 0.2) is 0 Å². The van der Waals surface area contributed by atoms with E-state index < -0.39 is 11.7 Å². The summed E-state index contributed by atoms with van der Waals surface area (Å²) in [5.74, 6) is 1.49. The number of benzene rings is 1. The highest BCUT2D eigenvalue weighted by Crippen LogP contribution is 2.53. The normalized spacial score (nSPS) is 18.5. The number of pyridine rings is 1. The van der Waals surface area contributed by atoms with Crippen LogP contribution in [0.25, 0.3) is 10.9 Å². The van der Waals surface area contributed by atoms with Gasteiger partial charge in [-0.1, -0.05) is 15.9 Å². The van der Waals surface area contributed by atoms with Crippen molar-refractivity contribution in [2.45, 2.75) is 51.6 Å². The molecule has 1 fully saturated rings. The lowest BCUT2D eigenvalue weighted by atomic mass is 10.1. The smallest absolute Gasteiger partial charge is 0.412 e. The van der Waals surface area contributed by atoms with Crippen LogP contribution in [0.2, 0.25) is 0 Å². The topological polar surface area (TPSA) is 77.0 Å². The van der Waals surface area contributed by atoms with Crippen LogP contribution in [0.15, 0.2) is 41.0 Å². The van der Waals surface area contributed by atoms with E-state index >= 15 is 0 Å². The second kappa shape index (κ2) is 7.37. The lowest BCUT2D eigenvalue weighted by Crippen LogP contribution is -2.27. The fourth-order valence-corrected chi connectivity index (χ4v) is 3.92. The van der Waals surface area contributed by atoms with Gasteiger partial charge >= 0.3 is 6.09 Å². The van der Waals surface area contributed by atoms with Crippen molar-refractivity contribution in [1.82, 2.24) is 15.0 Å². The minimum Gasteiger partial charge on any atom is -0.444 e. The van der Waals surface area contributed by atoms with Gasteiger partial charge in [-0.3, -0.25) is 10.3 Å². The van der Waals surface area contributed by atoms with Gasteiger partial charge in [0.25, 0.3) is 0 Å². The fraction of sp³-hybridized carbons (Fsp3) is 0.364. The molecule has 0 radical (unpaired) electrons. The summed E-state index contributed by atoms with van der Waals surface area (Å²) in [7, 11) is 0. The Morgan fingerprint density at radius 1 is 1.17 bits per heavy atom. The molecule has 0 bridgehead atoms. The summed E-state index contributed by atoms with van der Waals surface area (Å²) < 4.78 is 6.31. The van der Waals surface area contributed by atoms with E-state index in [1.54, 1.807) is 0 Å². The number of aryl methyl sites for hydroxylation is 1. The van der Waals surface area contributed by atoms with Gasteiger partial charge in [-0.25, -0.2) is 14.8 Å². The van der Waals surface area contributed by atoms with Crippen LogP contribution >= 0.6 is 15.9 Å². The average Bonchev–Trinajstić information content (AvgIpc) is 3.40. The number of fused-ring (bicyclic) bond motifs is 1. The standard InChI is InChI=1S/C22H23BrN4O2/c1-12-7-8-24-20(25-12)16-10-15(16)19-11-17(23)14-6-5-13(9-18(14)27-19)26-21(28)29-22(2,3)4/h5-9,11,15-16H,10H2,1-4H3,(H,26,28)/t15-,16+/m1/s1. The third-order valence-corrected chi connectivity index (χ3v) is 5.40. The van der Waals surface area contributed by atoms with E-state index in [2.05, 4.69) is 37.3 Å². The van der Waals surface area contributed by atoms with Gasteiger partial charge in [0.1, 0.15) is 11.4 Å². The second-order valence-electron chi connectivity index (χ2n) is 8.39. The summed E-state index contributed by atoms with van der Waals surface area (Å²) >= 11 is 3.66. The number of aromatic nitrogens is 3. The van der Waals surface area contributed by atoms with Crippen LogP contribution < -0.4 is 5.32 Å². The third-order valence-electron chi connectivity index (χ3n) is 4.74. The van der Waals surface area contributed by atoms with Gasteiger partial charge in [0.2, 0.25) is 0 Å². The molecular weight excluding hydrogens is 432 g/mol. The predicted molar refractivity (Wildman–Crippen MR) is 116 cm³/mol. The highest BCUT2D eigenvalue weighted by molar-refractivity contribution is 9.10. The molecule has 0 saturated heterocycles. The van der Waals surface area contributed by atoms with Crippen LogP contribution in [-0.4, -0.2) is 26.6 Å². The molecule has 3 aromatic rings. The molecule has 7 heteroatoms. The van der Waals surface area contributed by atoms with Gasteiger partial charge in [-0.05, 0) is 64.4 Å². The van der Waals surface area contributed by atoms with Crippen molar-refractivity contribution in [3.63, 3.8) is 0 Å². The monoisotopic (exact) mass is 454 g/mol. The molecule has 0 aliphatic heterocycles. The minimum atomic E-state index is -0.547. The summed E-state index contributed by atoms with van der Waals surface area (Å²) in [6.07, 6.45) is 2.32. The van der Waals surface area contributed by atoms with Crippen molar-refractivity contribution in [3.8, 4) is 0 Å². The van der Waals surface area contributed by atoms with Crippen molar-refractivity contribution < 1.29 is 9.53 Å². The Labute approximate surface area is 178 Å². The number of anilines is 1. The maximum absolute atomic E-state index is 12.1. The first-order valence-electron chi connectivity index (χ1n) is 9.59. The molecule has 0 unspecified atom stereocenters. The quantitative estimate of drug-likeness (QED) is 0.547. The van der Waals surface area contributed by atoms with E-state index in [9.17, 15) is 4.79 Å². The molecule has 6 nitrogen and oxygen atoms in total. The van der Waals surface area contributed by atoms with Crippen LogP contribution in [0.5, 0.6) is 0 Å². The molecule has 29 heavy (non-hydrogen) atoms. The van der Waals surface area contributed by atoms with Gasteiger partial charge in [-0.15, -0.1) is 0 Å². The van der Waals surface area contributed by atoms with E-state index in [0.29, 0.717) is 17.5 Å². The summed E-state index contributed by atoms with van der Waals surface area (Å²) in [4.78, 5) is 25.9. The molecule has 1 aromatic carbocycles. The Morgan fingerprint density at radius 2 is 1.97 bits per heavy atom. The molecule has 2 aromatic heterocycles. The highest BCUT2D eigenvalue weighted by Gasteiger charge is 2.43. The van der Waals surface area contributed by atoms with Gasteiger partial charge in [0.05, 0.1) is 5.52 Å². The molecule has 0 spiro atoms. The number of halogens is 1. The molecule has 1 aliphatic rings. The summed E-state index contributed by atoms with van der Waals surface area (Å²) in [6.45, 7) is 7.48. The molecule has 2 atom stereocenters. The zero-order chi connectivity index (χ0) is 20.8. The lowest BCUT2D eigenvalue weighted by molar-refractivity contribution is 0.0636. The van der Waals surface area contributed by atoms with Crippen molar-refractivity contribution >= 4 is 38.6 Å². The molecule has 2 heterocycles. The Balaban J connectivity index is 1.58. The fourth-order valence-electron chi connectivity index (χ4n) is 3.35. The average molecular weight is 455 g/mol. The Morgan fingerprint density at radius 3 is 2.69 bits per heavy atom. The summed E-state index contributed by atoms with van der Waals surface area (Å²) in [6, 6.07) is 9.64. The largest absolute Gasteiger partial charge is 0.444 e. The van der Waals surface area contributed by atoms with Crippen LogP contribution in [-0.2, 0) is 4.74 Å². The first kappa shape index (κ1) is 19.8. The molecule has 1 aliphatic carbocycles. The van der Waals surface area contributed by atoms with E-state index in [-0.39, 0.29) is 0 Å². The Bertz CT molecular complexity index is 1090. The molecular formula is C22H23BrN4O2. The Kier molecular flexibility index (Phi) is 5.02. The number of carbonyl (C=O) groups excluding carboxylic acids is 1. The number of nitrogens with one attached hydrogen (secondary N) is 1. The van der Waals surface area contributed by atoms with Crippen molar-refractivity contribution in [2.75, 3.05) is 5.32 Å². The molecule has 4 rings (SSSR count). The Hall–Kier alpha value is -2.54. The van der Waals surface area contributed by atoms with Crippen LogP contribution in [0, 0.1) is 6.92 Å². The van der Waals surface area contributed by atoms with Gasteiger partial charge in [-0.2, -0.15) is 0 Å². The number of rotatable bonds is 3. The van der Waals surface area contributed by atoms with Gasteiger partial charge < -0.3 is 4.74 Å². The van der Waals surface area contributed by atoms with Crippen molar-refractivity contribution in [2.24, 2.45) is 0 Å².